The molecule has 0 atom stereocenters. The number of rotatable bonds is 7. The van der Waals surface area contributed by atoms with Crippen LogP contribution >= 0.6 is 0 Å². The molecule has 0 spiro atoms. The van der Waals surface area contributed by atoms with Gasteiger partial charge in [-0.3, -0.25) is 4.79 Å². The lowest BCUT2D eigenvalue weighted by atomic mass is 9.98. The SMILES string of the molecule is CCC(O)(CC)CNC(=O)COc1cccc(C)c1C. The molecule has 0 aliphatic rings. The molecule has 0 aliphatic heterocycles. The zero-order chi connectivity index (χ0) is 15.2. The lowest BCUT2D eigenvalue weighted by Gasteiger charge is -2.25. The minimum Gasteiger partial charge on any atom is -0.483 e. The van der Waals surface area contributed by atoms with Crippen LogP contribution in [0.4, 0.5) is 0 Å². The molecule has 1 aromatic rings. The normalized spacial score (nSPS) is 11.2. The van der Waals surface area contributed by atoms with Gasteiger partial charge in [-0.1, -0.05) is 26.0 Å². The summed E-state index contributed by atoms with van der Waals surface area (Å²) in [6.45, 7) is 8.01. The summed E-state index contributed by atoms with van der Waals surface area (Å²) in [5.41, 5.74) is 1.35. The van der Waals surface area contributed by atoms with Crippen molar-refractivity contribution in [3.63, 3.8) is 0 Å². The van der Waals surface area contributed by atoms with E-state index in [0.717, 1.165) is 16.9 Å². The van der Waals surface area contributed by atoms with Crippen molar-refractivity contribution in [3.8, 4) is 5.75 Å². The van der Waals surface area contributed by atoms with Crippen LogP contribution in [0.2, 0.25) is 0 Å². The van der Waals surface area contributed by atoms with Crippen molar-refractivity contribution in [1.29, 1.82) is 0 Å². The van der Waals surface area contributed by atoms with Crippen LogP contribution < -0.4 is 10.1 Å². The average molecular weight is 279 g/mol. The first-order valence-corrected chi connectivity index (χ1v) is 7.10. The molecule has 0 aliphatic carbocycles. The molecule has 0 aromatic heterocycles. The van der Waals surface area contributed by atoms with Crippen molar-refractivity contribution in [2.24, 2.45) is 0 Å². The first-order valence-electron chi connectivity index (χ1n) is 7.10. The Balaban J connectivity index is 2.46. The number of aliphatic hydroxyl groups is 1. The molecule has 0 unspecified atom stereocenters. The standard InChI is InChI=1S/C16H25NO3/c1-5-16(19,6-2)11-17-15(18)10-20-14-9-7-8-12(3)13(14)4/h7-9,19H,5-6,10-11H2,1-4H3,(H,17,18). The zero-order valence-corrected chi connectivity index (χ0v) is 12.8. The number of hydrogen-bond acceptors (Lipinski definition) is 3. The molecule has 0 heterocycles. The minimum atomic E-state index is -0.824. The van der Waals surface area contributed by atoms with Crippen molar-refractivity contribution >= 4 is 5.91 Å². The van der Waals surface area contributed by atoms with Crippen LogP contribution in [0.3, 0.4) is 0 Å². The number of aryl methyl sites for hydroxylation is 1. The lowest BCUT2D eigenvalue weighted by Crippen LogP contribution is -2.43. The molecule has 4 nitrogen and oxygen atoms in total. The summed E-state index contributed by atoms with van der Waals surface area (Å²) in [7, 11) is 0. The molecule has 1 amide bonds. The van der Waals surface area contributed by atoms with E-state index in [2.05, 4.69) is 5.32 Å². The van der Waals surface area contributed by atoms with E-state index in [1.54, 1.807) is 0 Å². The van der Waals surface area contributed by atoms with Crippen LogP contribution in [-0.4, -0.2) is 29.8 Å². The minimum absolute atomic E-state index is 0.0339. The highest BCUT2D eigenvalue weighted by atomic mass is 16.5. The second kappa shape index (κ2) is 7.29. The van der Waals surface area contributed by atoms with Gasteiger partial charge in [0.2, 0.25) is 0 Å². The Morgan fingerprint density at radius 1 is 1.30 bits per heavy atom. The Labute approximate surface area is 121 Å². The van der Waals surface area contributed by atoms with Gasteiger partial charge in [-0.15, -0.1) is 0 Å². The van der Waals surface area contributed by atoms with Gasteiger partial charge in [0.15, 0.2) is 6.61 Å². The summed E-state index contributed by atoms with van der Waals surface area (Å²) in [4.78, 5) is 11.7. The Bertz CT molecular complexity index is 453. The van der Waals surface area contributed by atoms with Gasteiger partial charge in [0.1, 0.15) is 5.75 Å². The number of hydrogen-bond donors (Lipinski definition) is 2. The van der Waals surface area contributed by atoms with Crippen LogP contribution in [0.5, 0.6) is 5.75 Å². The fourth-order valence-corrected chi connectivity index (χ4v) is 1.84. The Morgan fingerprint density at radius 3 is 2.55 bits per heavy atom. The molecule has 0 radical (unpaired) electrons. The van der Waals surface area contributed by atoms with E-state index in [4.69, 9.17) is 4.74 Å². The first kappa shape index (κ1) is 16.5. The molecule has 20 heavy (non-hydrogen) atoms. The van der Waals surface area contributed by atoms with Gasteiger partial charge >= 0.3 is 0 Å². The number of nitrogens with one attached hydrogen (secondary N) is 1. The van der Waals surface area contributed by atoms with Crippen molar-refractivity contribution in [2.75, 3.05) is 13.2 Å². The van der Waals surface area contributed by atoms with E-state index in [0.29, 0.717) is 12.8 Å². The van der Waals surface area contributed by atoms with E-state index in [1.165, 1.54) is 0 Å². The predicted molar refractivity (Wildman–Crippen MR) is 80.0 cm³/mol. The maximum absolute atomic E-state index is 11.7. The van der Waals surface area contributed by atoms with E-state index in [1.807, 2.05) is 45.9 Å². The Hall–Kier alpha value is -1.55. The molecule has 0 saturated carbocycles. The van der Waals surface area contributed by atoms with E-state index in [9.17, 15) is 9.90 Å². The van der Waals surface area contributed by atoms with Gasteiger partial charge < -0.3 is 15.2 Å². The number of carbonyl (C=O) groups is 1. The van der Waals surface area contributed by atoms with Gasteiger partial charge in [-0.2, -0.15) is 0 Å². The van der Waals surface area contributed by atoms with Gasteiger partial charge in [0, 0.05) is 6.54 Å². The third-order valence-corrected chi connectivity index (χ3v) is 3.84. The average Bonchev–Trinajstić information content (AvgIpc) is 2.46. The maximum Gasteiger partial charge on any atom is 0.258 e. The lowest BCUT2D eigenvalue weighted by molar-refractivity contribution is -0.124. The molecule has 4 heteroatoms. The van der Waals surface area contributed by atoms with E-state index in [-0.39, 0.29) is 19.1 Å². The smallest absolute Gasteiger partial charge is 0.258 e. The topological polar surface area (TPSA) is 58.6 Å². The summed E-state index contributed by atoms with van der Waals surface area (Å²) in [6.07, 6.45) is 1.23. The molecule has 0 fully saturated rings. The quantitative estimate of drug-likeness (QED) is 0.805. The summed E-state index contributed by atoms with van der Waals surface area (Å²) in [6, 6.07) is 5.76. The highest BCUT2D eigenvalue weighted by molar-refractivity contribution is 5.77. The van der Waals surface area contributed by atoms with Crippen LogP contribution in [0.1, 0.15) is 37.8 Å². The highest BCUT2D eigenvalue weighted by Gasteiger charge is 2.22. The third kappa shape index (κ3) is 4.53. The maximum atomic E-state index is 11.7. The fraction of sp³-hybridized carbons (Fsp3) is 0.562. The van der Waals surface area contributed by atoms with Crippen LogP contribution in [0.15, 0.2) is 18.2 Å². The second-order valence-electron chi connectivity index (χ2n) is 5.19. The summed E-state index contributed by atoms with van der Waals surface area (Å²) >= 11 is 0. The van der Waals surface area contributed by atoms with Crippen molar-refractivity contribution in [3.05, 3.63) is 29.3 Å². The molecule has 112 valence electrons. The zero-order valence-electron chi connectivity index (χ0n) is 12.8. The van der Waals surface area contributed by atoms with Crippen LogP contribution in [0, 0.1) is 13.8 Å². The van der Waals surface area contributed by atoms with Crippen molar-refractivity contribution in [2.45, 2.75) is 46.1 Å². The van der Waals surface area contributed by atoms with Crippen molar-refractivity contribution in [1.82, 2.24) is 5.32 Å². The molecular weight excluding hydrogens is 254 g/mol. The molecule has 1 aromatic carbocycles. The Kier molecular flexibility index (Phi) is 6.02. The molecule has 2 N–H and O–H groups in total. The van der Waals surface area contributed by atoms with Gasteiger partial charge in [0.05, 0.1) is 5.60 Å². The molecule has 0 bridgehead atoms. The molecule has 1 rings (SSSR count). The second-order valence-corrected chi connectivity index (χ2v) is 5.19. The van der Waals surface area contributed by atoms with Crippen LogP contribution in [-0.2, 0) is 4.79 Å². The number of amides is 1. The van der Waals surface area contributed by atoms with Gasteiger partial charge in [-0.25, -0.2) is 0 Å². The highest BCUT2D eigenvalue weighted by Crippen LogP contribution is 2.20. The monoisotopic (exact) mass is 279 g/mol. The van der Waals surface area contributed by atoms with E-state index >= 15 is 0 Å². The summed E-state index contributed by atoms with van der Waals surface area (Å²) in [5, 5.41) is 12.8. The van der Waals surface area contributed by atoms with Crippen LogP contribution in [0.25, 0.3) is 0 Å². The fourth-order valence-electron chi connectivity index (χ4n) is 1.84. The molecule has 0 saturated heterocycles. The number of carbonyl (C=O) groups excluding carboxylic acids is 1. The van der Waals surface area contributed by atoms with Gasteiger partial charge in [0.25, 0.3) is 5.91 Å². The first-order chi connectivity index (χ1) is 9.41. The Morgan fingerprint density at radius 2 is 1.95 bits per heavy atom. The third-order valence-electron chi connectivity index (χ3n) is 3.84. The summed E-state index contributed by atoms with van der Waals surface area (Å²) < 4.78 is 5.52. The van der Waals surface area contributed by atoms with Crippen molar-refractivity contribution < 1.29 is 14.6 Å². The predicted octanol–water partition coefficient (Wildman–Crippen LogP) is 2.35. The number of benzene rings is 1. The largest absolute Gasteiger partial charge is 0.483 e. The molecular formula is C16H25NO3. The summed E-state index contributed by atoms with van der Waals surface area (Å²) in [5.74, 6) is 0.507. The van der Waals surface area contributed by atoms with Gasteiger partial charge in [-0.05, 0) is 43.9 Å². The van der Waals surface area contributed by atoms with E-state index < -0.39 is 5.60 Å². The number of ether oxygens (including phenoxy) is 1.